The number of hydrogen-bond donors (Lipinski definition) is 1. The molecule has 1 N–H and O–H groups in total. The second kappa shape index (κ2) is 3.66. The third kappa shape index (κ3) is 1.85. The highest BCUT2D eigenvalue weighted by molar-refractivity contribution is 5.73. The van der Waals surface area contributed by atoms with Crippen molar-refractivity contribution in [3.05, 3.63) is 0 Å². The van der Waals surface area contributed by atoms with Crippen LogP contribution in [0, 0.1) is 5.92 Å². The fraction of sp³-hybridized carbons (Fsp3) is 0.900. The smallest absolute Gasteiger partial charge is 0.322 e. The second-order valence-corrected chi connectivity index (χ2v) is 4.19. The molecule has 1 aliphatic heterocycles. The average molecular weight is 182 g/mol. The van der Waals surface area contributed by atoms with Crippen LogP contribution in [0.25, 0.3) is 0 Å². The molecule has 3 unspecified atom stereocenters. The van der Waals surface area contributed by atoms with Gasteiger partial charge in [-0.15, -0.1) is 0 Å². The van der Waals surface area contributed by atoms with Crippen molar-refractivity contribution in [2.45, 2.75) is 50.6 Å². The van der Waals surface area contributed by atoms with Crippen LogP contribution in [0.3, 0.4) is 0 Å². The van der Waals surface area contributed by atoms with E-state index in [0.29, 0.717) is 12.0 Å². The molecule has 1 heterocycles. The molecule has 0 aromatic carbocycles. The average Bonchev–Trinajstić information content (AvgIpc) is 2.17. The molecule has 1 saturated carbocycles. The quantitative estimate of drug-likeness (QED) is 0.666. The molecule has 1 radical (unpaired) electrons. The van der Waals surface area contributed by atoms with Crippen molar-refractivity contribution >= 4 is 5.97 Å². The Hall–Kier alpha value is -0.570. The molecule has 1 saturated heterocycles. The molecule has 3 heteroatoms. The van der Waals surface area contributed by atoms with Gasteiger partial charge >= 0.3 is 5.97 Å². The van der Waals surface area contributed by atoms with Gasteiger partial charge in [-0.1, -0.05) is 12.8 Å². The fourth-order valence-corrected chi connectivity index (χ4v) is 2.59. The van der Waals surface area contributed by atoms with Gasteiger partial charge in [-0.3, -0.25) is 4.79 Å². The Morgan fingerprint density at radius 2 is 1.92 bits per heavy atom. The van der Waals surface area contributed by atoms with Crippen LogP contribution in [0.2, 0.25) is 0 Å². The molecule has 2 fully saturated rings. The summed E-state index contributed by atoms with van der Waals surface area (Å²) in [6.07, 6.45) is 6.77. The standard InChI is InChI=1S/C10H16NO2/c12-10(13)9-6-5-7-3-1-2-4-8(7)11-9/h7-9H,1-6H2,(H,12,13). The Kier molecular flexibility index (Phi) is 2.54. The number of hydrogen-bond acceptors (Lipinski definition) is 1. The molecule has 3 atom stereocenters. The van der Waals surface area contributed by atoms with Crippen molar-refractivity contribution in [1.29, 1.82) is 0 Å². The summed E-state index contributed by atoms with van der Waals surface area (Å²) in [5, 5.41) is 13.2. The Labute approximate surface area is 78.5 Å². The Balaban J connectivity index is 1.95. The van der Waals surface area contributed by atoms with E-state index in [1.807, 2.05) is 0 Å². The molecule has 3 nitrogen and oxygen atoms in total. The molecule has 0 bridgehead atoms. The second-order valence-electron chi connectivity index (χ2n) is 4.19. The number of rotatable bonds is 1. The van der Waals surface area contributed by atoms with E-state index in [4.69, 9.17) is 5.11 Å². The van der Waals surface area contributed by atoms with Crippen LogP contribution in [0.4, 0.5) is 0 Å². The highest BCUT2D eigenvalue weighted by atomic mass is 16.4. The summed E-state index contributed by atoms with van der Waals surface area (Å²) < 4.78 is 0. The molecule has 0 aromatic rings. The van der Waals surface area contributed by atoms with E-state index in [1.165, 1.54) is 19.3 Å². The predicted molar refractivity (Wildman–Crippen MR) is 48.5 cm³/mol. The van der Waals surface area contributed by atoms with Crippen LogP contribution in [-0.4, -0.2) is 23.2 Å². The van der Waals surface area contributed by atoms with Crippen molar-refractivity contribution in [2.75, 3.05) is 0 Å². The van der Waals surface area contributed by atoms with Gasteiger partial charge in [-0.2, -0.15) is 0 Å². The van der Waals surface area contributed by atoms with Gasteiger partial charge in [-0.25, -0.2) is 5.32 Å². The van der Waals surface area contributed by atoms with Crippen LogP contribution in [0.15, 0.2) is 0 Å². The lowest BCUT2D eigenvalue weighted by molar-refractivity contribution is -0.141. The van der Waals surface area contributed by atoms with Gasteiger partial charge in [0.05, 0.1) is 0 Å². The highest BCUT2D eigenvalue weighted by Gasteiger charge is 2.35. The van der Waals surface area contributed by atoms with E-state index in [-0.39, 0.29) is 0 Å². The summed E-state index contributed by atoms with van der Waals surface area (Å²) in [7, 11) is 0. The maximum atomic E-state index is 10.7. The molecular formula is C10H16NO2. The van der Waals surface area contributed by atoms with E-state index in [9.17, 15) is 4.79 Å². The van der Waals surface area contributed by atoms with Gasteiger partial charge in [0.25, 0.3) is 0 Å². The zero-order valence-corrected chi connectivity index (χ0v) is 7.78. The topological polar surface area (TPSA) is 51.4 Å². The fourth-order valence-electron chi connectivity index (χ4n) is 2.59. The van der Waals surface area contributed by atoms with Crippen LogP contribution in [0.5, 0.6) is 0 Å². The number of carboxylic acid groups (broad SMARTS) is 1. The summed E-state index contributed by atoms with van der Waals surface area (Å²) >= 11 is 0. The van der Waals surface area contributed by atoms with Gasteiger partial charge in [0.15, 0.2) is 0 Å². The van der Waals surface area contributed by atoms with E-state index in [1.54, 1.807) is 0 Å². The van der Waals surface area contributed by atoms with Crippen molar-refractivity contribution in [1.82, 2.24) is 5.32 Å². The number of carboxylic acids is 1. The minimum absolute atomic E-state index is 0.364. The number of piperidine rings is 1. The van der Waals surface area contributed by atoms with Crippen LogP contribution in [0.1, 0.15) is 38.5 Å². The van der Waals surface area contributed by atoms with Crippen molar-refractivity contribution < 1.29 is 9.90 Å². The van der Waals surface area contributed by atoms with Gasteiger partial charge < -0.3 is 5.11 Å². The monoisotopic (exact) mass is 182 g/mol. The normalized spacial score (nSPS) is 39.5. The van der Waals surface area contributed by atoms with E-state index < -0.39 is 12.0 Å². The first-order chi connectivity index (χ1) is 6.27. The van der Waals surface area contributed by atoms with Crippen LogP contribution < -0.4 is 5.32 Å². The summed E-state index contributed by atoms with van der Waals surface area (Å²) in [6, 6.07) is -0.0389. The SMILES string of the molecule is O=C(O)C1CCC2CCCCC2[N]1. The predicted octanol–water partition coefficient (Wildman–Crippen LogP) is 1.40. The van der Waals surface area contributed by atoms with Crippen molar-refractivity contribution in [2.24, 2.45) is 5.92 Å². The summed E-state index contributed by atoms with van der Waals surface area (Å²) in [4.78, 5) is 10.7. The van der Waals surface area contributed by atoms with Gasteiger partial charge in [-0.05, 0) is 31.6 Å². The van der Waals surface area contributed by atoms with Crippen LogP contribution >= 0.6 is 0 Å². The molecule has 0 amide bonds. The zero-order chi connectivity index (χ0) is 9.26. The van der Waals surface area contributed by atoms with E-state index >= 15 is 0 Å². The maximum absolute atomic E-state index is 10.7. The van der Waals surface area contributed by atoms with Crippen molar-refractivity contribution in [3.8, 4) is 0 Å². The van der Waals surface area contributed by atoms with Gasteiger partial charge in [0, 0.05) is 6.04 Å². The lowest BCUT2D eigenvalue weighted by Crippen LogP contribution is -2.47. The third-order valence-corrected chi connectivity index (χ3v) is 3.34. The molecule has 1 aliphatic carbocycles. The molecular weight excluding hydrogens is 166 g/mol. The number of carbonyl (C=O) groups is 1. The highest BCUT2D eigenvalue weighted by Crippen LogP contribution is 2.33. The summed E-state index contributed by atoms with van der Waals surface area (Å²) in [5.74, 6) is -0.0339. The molecule has 0 aromatic heterocycles. The lowest BCUT2D eigenvalue weighted by Gasteiger charge is -2.37. The number of aliphatic carboxylic acids is 1. The Bertz CT molecular complexity index is 205. The van der Waals surface area contributed by atoms with E-state index in [0.717, 1.165) is 19.3 Å². The van der Waals surface area contributed by atoms with E-state index in [2.05, 4.69) is 5.32 Å². The number of nitrogens with zero attached hydrogens (tertiary/aromatic N) is 1. The maximum Gasteiger partial charge on any atom is 0.322 e. The lowest BCUT2D eigenvalue weighted by atomic mass is 9.78. The summed E-state index contributed by atoms with van der Waals surface area (Å²) in [6.45, 7) is 0. The minimum Gasteiger partial charge on any atom is -0.480 e. The number of fused-ring (bicyclic) bond motifs is 1. The minimum atomic E-state index is -0.732. The Morgan fingerprint density at radius 1 is 1.15 bits per heavy atom. The van der Waals surface area contributed by atoms with Crippen LogP contribution in [-0.2, 0) is 4.79 Å². The molecule has 2 rings (SSSR count). The Morgan fingerprint density at radius 3 is 2.69 bits per heavy atom. The van der Waals surface area contributed by atoms with Gasteiger partial charge in [0.2, 0.25) is 0 Å². The molecule has 2 aliphatic rings. The first-order valence-electron chi connectivity index (χ1n) is 5.20. The zero-order valence-electron chi connectivity index (χ0n) is 7.78. The molecule has 13 heavy (non-hydrogen) atoms. The van der Waals surface area contributed by atoms with Gasteiger partial charge in [0.1, 0.15) is 6.04 Å². The first-order valence-corrected chi connectivity index (χ1v) is 5.20. The largest absolute Gasteiger partial charge is 0.480 e. The third-order valence-electron chi connectivity index (χ3n) is 3.34. The molecule has 73 valence electrons. The first kappa shape index (κ1) is 9.00. The summed E-state index contributed by atoms with van der Waals surface area (Å²) in [5.41, 5.74) is 0. The van der Waals surface area contributed by atoms with Crippen molar-refractivity contribution in [3.63, 3.8) is 0 Å². The molecule has 0 spiro atoms.